The number of hydrogen-bond acceptors (Lipinski definition) is 4. The van der Waals surface area contributed by atoms with Crippen molar-refractivity contribution in [1.82, 2.24) is 5.43 Å². The van der Waals surface area contributed by atoms with Crippen LogP contribution in [0.2, 0.25) is 0 Å². The summed E-state index contributed by atoms with van der Waals surface area (Å²) in [6, 6.07) is 17.4. The van der Waals surface area contributed by atoms with E-state index >= 15 is 0 Å². The first-order valence-electron chi connectivity index (χ1n) is 7.00. The molecule has 5 nitrogen and oxygen atoms in total. The van der Waals surface area contributed by atoms with E-state index in [0.717, 1.165) is 16.9 Å². The molecule has 114 valence electrons. The maximum atomic E-state index is 11.1. The van der Waals surface area contributed by atoms with Crippen LogP contribution in [0.25, 0.3) is 0 Å². The molecule has 2 aromatic rings. The smallest absolute Gasteiger partial charge is 0.427 e. The first-order valence-corrected chi connectivity index (χ1v) is 7.00. The lowest BCUT2D eigenvalue weighted by Crippen LogP contribution is -2.18. The molecule has 0 spiro atoms. The molecule has 2 aromatic carbocycles. The molecule has 22 heavy (non-hydrogen) atoms. The van der Waals surface area contributed by atoms with Gasteiger partial charge in [0.1, 0.15) is 12.4 Å². The van der Waals surface area contributed by atoms with E-state index in [9.17, 15) is 4.79 Å². The fraction of sp³-hybridized carbons (Fsp3) is 0.176. The predicted molar refractivity (Wildman–Crippen MR) is 85.0 cm³/mol. The minimum Gasteiger partial charge on any atom is -0.489 e. The molecule has 0 aliphatic heterocycles. The topological polar surface area (TPSA) is 59.9 Å². The molecular formula is C17H18N2O3. The molecule has 0 radical (unpaired) electrons. The summed E-state index contributed by atoms with van der Waals surface area (Å²) in [5, 5.41) is 3.81. The van der Waals surface area contributed by atoms with E-state index in [2.05, 4.69) is 10.5 Å². The second-order valence-electron chi connectivity index (χ2n) is 4.44. The second kappa shape index (κ2) is 8.46. The van der Waals surface area contributed by atoms with Crippen molar-refractivity contribution in [2.24, 2.45) is 5.10 Å². The van der Waals surface area contributed by atoms with Crippen molar-refractivity contribution in [1.29, 1.82) is 0 Å². The Morgan fingerprint density at radius 3 is 2.77 bits per heavy atom. The fourth-order valence-corrected chi connectivity index (χ4v) is 1.75. The van der Waals surface area contributed by atoms with Crippen LogP contribution in [0.1, 0.15) is 18.1 Å². The van der Waals surface area contributed by atoms with E-state index in [4.69, 9.17) is 9.47 Å². The number of nitrogens with one attached hydrogen (secondary N) is 1. The third-order valence-corrected chi connectivity index (χ3v) is 2.75. The van der Waals surface area contributed by atoms with Gasteiger partial charge in [0.05, 0.1) is 12.8 Å². The minimum absolute atomic E-state index is 0.310. The number of benzene rings is 2. The number of amides is 1. The maximum absolute atomic E-state index is 11.1. The summed E-state index contributed by atoms with van der Waals surface area (Å²) < 4.78 is 10.4. The van der Waals surface area contributed by atoms with Crippen LogP contribution >= 0.6 is 0 Å². The molecule has 5 heteroatoms. The van der Waals surface area contributed by atoms with Gasteiger partial charge in [0, 0.05) is 0 Å². The van der Waals surface area contributed by atoms with Crippen molar-refractivity contribution in [2.75, 3.05) is 6.61 Å². The van der Waals surface area contributed by atoms with Crippen LogP contribution in [0.15, 0.2) is 59.7 Å². The van der Waals surface area contributed by atoms with E-state index in [0.29, 0.717) is 13.2 Å². The molecule has 0 bridgehead atoms. The van der Waals surface area contributed by atoms with Gasteiger partial charge in [-0.2, -0.15) is 5.10 Å². The lowest BCUT2D eigenvalue weighted by Gasteiger charge is -2.06. The summed E-state index contributed by atoms with van der Waals surface area (Å²) in [5.41, 5.74) is 4.20. The highest BCUT2D eigenvalue weighted by Crippen LogP contribution is 2.14. The third-order valence-electron chi connectivity index (χ3n) is 2.75. The van der Waals surface area contributed by atoms with Crippen LogP contribution in [0.3, 0.4) is 0 Å². The van der Waals surface area contributed by atoms with Crippen molar-refractivity contribution < 1.29 is 14.3 Å². The van der Waals surface area contributed by atoms with Gasteiger partial charge in [0.15, 0.2) is 0 Å². The lowest BCUT2D eigenvalue weighted by molar-refractivity contribution is 0.152. The molecule has 0 saturated heterocycles. The van der Waals surface area contributed by atoms with E-state index in [1.54, 1.807) is 6.92 Å². The number of hydrazone groups is 1. The van der Waals surface area contributed by atoms with Crippen LogP contribution in [0.4, 0.5) is 4.79 Å². The van der Waals surface area contributed by atoms with Crippen molar-refractivity contribution in [3.8, 4) is 5.75 Å². The fourth-order valence-electron chi connectivity index (χ4n) is 1.75. The highest BCUT2D eigenvalue weighted by atomic mass is 16.5. The Hall–Kier alpha value is -2.82. The largest absolute Gasteiger partial charge is 0.489 e. The summed E-state index contributed by atoms with van der Waals surface area (Å²) in [5.74, 6) is 0.740. The molecule has 1 amide bonds. The molecule has 0 aliphatic rings. The molecule has 0 heterocycles. The monoisotopic (exact) mass is 298 g/mol. The Labute approximate surface area is 129 Å². The van der Waals surface area contributed by atoms with Crippen molar-refractivity contribution in [3.05, 3.63) is 65.7 Å². The van der Waals surface area contributed by atoms with Crippen LogP contribution < -0.4 is 10.2 Å². The summed E-state index contributed by atoms with van der Waals surface area (Å²) >= 11 is 0. The normalized spacial score (nSPS) is 10.4. The standard InChI is InChI=1S/C17H18N2O3/c1-2-21-17(20)19-18-12-15-9-6-10-16(11-15)22-13-14-7-4-3-5-8-14/h3-12H,2,13H2,1H3,(H,19,20)/b18-12+. The van der Waals surface area contributed by atoms with Crippen molar-refractivity contribution in [2.45, 2.75) is 13.5 Å². The van der Waals surface area contributed by atoms with Crippen LogP contribution in [0.5, 0.6) is 5.75 Å². The van der Waals surface area contributed by atoms with Gasteiger partial charge in [-0.1, -0.05) is 42.5 Å². The number of carbonyl (C=O) groups is 1. The minimum atomic E-state index is -0.574. The van der Waals surface area contributed by atoms with Gasteiger partial charge < -0.3 is 9.47 Å². The van der Waals surface area contributed by atoms with E-state index in [-0.39, 0.29) is 0 Å². The number of hydrogen-bond donors (Lipinski definition) is 1. The first kappa shape index (κ1) is 15.6. The van der Waals surface area contributed by atoms with Crippen molar-refractivity contribution >= 4 is 12.3 Å². The third kappa shape index (κ3) is 5.28. The van der Waals surface area contributed by atoms with E-state index in [1.165, 1.54) is 6.21 Å². The van der Waals surface area contributed by atoms with Gasteiger partial charge in [-0.15, -0.1) is 0 Å². The highest BCUT2D eigenvalue weighted by molar-refractivity contribution is 5.81. The molecule has 0 saturated carbocycles. The Morgan fingerprint density at radius 2 is 2.00 bits per heavy atom. The van der Waals surface area contributed by atoms with Gasteiger partial charge >= 0.3 is 6.09 Å². The maximum Gasteiger partial charge on any atom is 0.427 e. The molecule has 0 unspecified atom stereocenters. The SMILES string of the molecule is CCOC(=O)N/N=C/c1cccc(OCc2ccccc2)c1. The summed E-state index contributed by atoms with van der Waals surface area (Å²) in [6.45, 7) is 2.55. The molecule has 0 fully saturated rings. The van der Waals surface area contributed by atoms with Gasteiger partial charge in [0.2, 0.25) is 0 Å². The average Bonchev–Trinajstić information content (AvgIpc) is 2.55. The van der Waals surface area contributed by atoms with Crippen LogP contribution in [-0.2, 0) is 11.3 Å². The van der Waals surface area contributed by atoms with Gasteiger partial charge in [0.25, 0.3) is 0 Å². The Bertz CT molecular complexity index is 627. The zero-order valence-electron chi connectivity index (χ0n) is 12.4. The first-order chi connectivity index (χ1) is 10.8. The number of rotatable bonds is 6. The zero-order chi connectivity index (χ0) is 15.6. The molecule has 0 aliphatic carbocycles. The number of nitrogens with zero attached hydrogens (tertiary/aromatic N) is 1. The summed E-state index contributed by atoms with van der Waals surface area (Å²) in [6.07, 6.45) is 0.960. The molecular weight excluding hydrogens is 280 g/mol. The summed E-state index contributed by atoms with van der Waals surface area (Å²) in [7, 11) is 0. The van der Waals surface area contributed by atoms with Crippen LogP contribution in [-0.4, -0.2) is 18.9 Å². The highest BCUT2D eigenvalue weighted by Gasteiger charge is 1.98. The summed E-state index contributed by atoms with van der Waals surface area (Å²) in [4.78, 5) is 11.1. The van der Waals surface area contributed by atoms with Gasteiger partial charge in [-0.05, 0) is 30.2 Å². The molecule has 1 N–H and O–H groups in total. The Kier molecular flexibility index (Phi) is 5.99. The quantitative estimate of drug-likeness (QED) is 0.657. The zero-order valence-corrected chi connectivity index (χ0v) is 12.4. The Balaban J connectivity index is 1.89. The van der Waals surface area contributed by atoms with E-state index < -0.39 is 6.09 Å². The molecule has 2 rings (SSSR count). The number of ether oxygens (including phenoxy) is 2. The molecule has 0 atom stereocenters. The van der Waals surface area contributed by atoms with Crippen molar-refractivity contribution in [3.63, 3.8) is 0 Å². The second-order valence-corrected chi connectivity index (χ2v) is 4.44. The van der Waals surface area contributed by atoms with Gasteiger partial charge in [-0.3, -0.25) is 0 Å². The lowest BCUT2D eigenvalue weighted by atomic mass is 10.2. The molecule has 0 aromatic heterocycles. The number of carbonyl (C=O) groups excluding carboxylic acids is 1. The van der Waals surface area contributed by atoms with Crippen LogP contribution in [0, 0.1) is 0 Å². The average molecular weight is 298 g/mol. The Morgan fingerprint density at radius 1 is 1.18 bits per heavy atom. The van der Waals surface area contributed by atoms with E-state index in [1.807, 2.05) is 54.6 Å². The van der Waals surface area contributed by atoms with Gasteiger partial charge in [-0.25, -0.2) is 10.2 Å². The predicted octanol–water partition coefficient (Wildman–Crippen LogP) is 3.35.